The SMILES string of the molecule is C[C@H](Nc1ncc2c(n1)CN(C(=O)[C@H]1CCN(C)C[C@@H]1c1ccccc1)[C@H](C)C2)c1ccccc1. The Kier molecular flexibility index (Phi) is 6.82. The minimum absolute atomic E-state index is 0.00450. The highest BCUT2D eigenvalue weighted by atomic mass is 16.2. The largest absolute Gasteiger partial charge is 0.348 e. The van der Waals surface area contributed by atoms with Crippen LogP contribution in [0.3, 0.4) is 0 Å². The smallest absolute Gasteiger partial charge is 0.227 e. The van der Waals surface area contributed by atoms with Crippen LogP contribution in [0.5, 0.6) is 0 Å². The molecule has 2 aliphatic rings. The molecule has 1 saturated heterocycles. The molecule has 0 saturated carbocycles. The van der Waals surface area contributed by atoms with Gasteiger partial charge in [0, 0.05) is 30.6 Å². The van der Waals surface area contributed by atoms with Gasteiger partial charge >= 0.3 is 0 Å². The summed E-state index contributed by atoms with van der Waals surface area (Å²) in [5.74, 6) is 1.08. The van der Waals surface area contributed by atoms with E-state index < -0.39 is 0 Å². The molecular formula is C29H35N5O. The number of piperidine rings is 1. The molecule has 0 spiro atoms. The molecule has 3 heterocycles. The maximum atomic E-state index is 14.0. The van der Waals surface area contributed by atoms with Gasteiger partial charge in [0.2, 0.25) is 11.9 Å². The summed E-state index contributed by atoms with van der Waals surface area (Å²) >= 11 is 0. The molecule has 0 bridgehead atoms. The lowest BCUT2D eigenvalue weighted by atomic mass is 9.79. The van der Waals surface area contributed by atoms with Crippen molar-refractivity contribution in [3.8, 4) is 0 Å². The summed E-state index contributed by atoms with van der Waals surface area (Å²) < 4.78 is 0. The summed E-state index contributed by atoms with van der Waals surface area (Å²) in [6.45, 7) is 6.66. The average molecular weight is 470 g/mol. The van der Waals surface area contributed by atoms with Crippen LogP contribution in [0.1, 0.15) is 54.6 Å². The number of likely N-dealkylation sites (tertiary alicyclic amines) is 1. The Bertz CT molecular complexity index is 1150. The summed E-state index contributed by atoms with van der Waals surface area (Å²) in [6.07, 6.45) is 3.61. The molecule has 0 unspecified atom stereocenters. The molecule has 5 rings (SSSR count). The summed E-state index contributed by atoms with van der Waals surface area (Å²) in [4.78, 5) is 27.8. The standard InChI is InChI=1S/C29H35N5O/c1-20-16-24-17-30-29(31-21(2)22-10-6-4-7-11-22)32-27(24)19-34(20)28(35)25-14-15-33(3)18-26(25)23-12-8-5-9-13-23/h4-13,17,20-21,25-26H,14-16,18-19H2,1-3H3,(H,30,31,32)/t20-,21+,25+,26-/m1/s1. The molecule has 0 aliphatic carbocycles. The van der Waals surface area contributed by atoms with Gasteiger partial charge in [0.25, 0.3) is 0 Å². The fraction of sp³-hybridized carbons (Fsp3) is 0.414. The first kappa shape index (κ1) is 23.5. The summed E-state index contributed by atoms with van der Waals surface area (Å²) in [7, 11) is 2.15. The number of carbonyl (C=O) groups excluding carboxylic acids is 1. The zero-order valence-electron chi connectivity index (χ0n) is 20.9. The molecule has 182 valence electrons. The maximum absolute atomic E-state index is 14.0. The highest BCUT2D eigenvalue weighted by molar-refractivity contribution is 5.80. The molecule has 2 aromatic carbocycles. The van der Waals surface area contributed by atoms with Gasteiger partial charge in [0.15, 0.2) is 0 Å². The molecule has 1 aromatic heterocycles. The van der Waals surface area contributed by atoms with Crippen molar-refractivity contribution in [2.24, 2.45) is 5.92 Å². The molecule has 35 heavy (non-hydrogen) atoms. The monoisotopic (exact) mass is 469 g/mol. The van der Waals surface area contributed by atoms with Crippen LogP contribution < -0.4 is 5.32 Å². The lowest BCUT2D eigenvalue weighted by Crippen LogP contribution is -2.50. The van der Waals surface area contributed by atoms with Crippen molar-refractivity contribution in [1.82, 2.24) is 19.8 Å². The molecule has 4 atom stereocenters. The third-order valence-corrected chi connectivity index (χ3v) is 7.61. The zero-order chi connectivity index (χ0) is 24.4. The lowest BCUT2D eigenvalue weighted by molar-refractivity contribution is -0.141. The number of nitrogens with zero attached hydrogens (tertiary/aromatic N) is 4. The third-order valence-electron chi connectivity index (χ3n) is 7.61. The minimum Gasteiger partial charge on any atom is -0.348 e. The molecule has 0 radical (unpaired) electrons. The number of hydrogen-bond acceptors (Lipinski definition) is 5. The Balaban J connectivity index is 1.35. The van der Waals surface area contributed by atoms with Crippen LogP contribution in [0.2, 0.25) is 0 Å². The van der Waals surface area contributed by atoms with Crippen molar-refractivity contribution in [3.63, 3.8) is 0 Å². The second-order valence-corrected chi connectivity index (χ2v) is 10.1. The first-order valence-electron chi connectivity index (χ1n) is 12.7. The van der Waals surface area contributed by atoms with Crippen molar-refractivity contribution in [2.45, 2.75) is 51.2 Å². The van der Waals surface area contributed by atoms with Crippen molar-refractivity contribution in [2.75, 3.05) is 25.5 Å². The van der Waals surface area contributed by atoms with Crippen LogP contribution >= 0.6 is 0 Å². The quantitative estimate of drug-likeness (QED) is 0.589. The van der Waals surface area contributed by atoms with E-state index in [0.717, 1.165) is 37.2 Å². The maximum Gasteiger partial charge on any atom is 0.227 e. The Labute approximate surface area is 208 Å². The second-order valence-electron chi connectivity index (χ2n) is 10.1. The number of hydrogen-bond donors (Lipinski definition) is 1. The number of anilines is 1. The lowest BCUT2D eigenvalue weighted by Gasteiger charge is -2.42. The number of likely N-dealkylation sites (N-methyl/N-ethyl adjacent to an activating group) is 1. The van der Waals surface area contributed by atoms with Gasteiger partial charge in [0.1, 0.15) is 0 Å². The molecular weight excluding hydrogens is 434 g/mol. The van der Waals surface area contributed by atoms with Crippen molar-refractivity contribution in [3.05, 3.63) is 89.2 Å². The topological polar surface area (TPSA) is 61.4 Å². The summed E-state index contributed by atoms with van der Waals surface area (Å²) in [5, 5.41) is 3.43. The molecule has 1 amide bonds. The number of aromatic nitrogens is 2. The van der Waals surface area contributed by atoms with Crippen LogP contribution in [-0.2, 0) is 17.8 Å². The molecule has 2 aliphatic heterocycles. The fourth-order valence-electron chi connectivity index (χ4n) is 5.54. The van der Waals surface area contributed by atoms with E-state index in [2.05, 4.69) is 77.4 Å². The van der Waals surface area contributed by atoms with Crippen LogP contribution in [0.15, 0.2) is 66.9 Å². The van der Waals surface area contributed by atoms with Crippen LogP contribution in [-0.4, -0.2) is 51.9 Å². The van der Waals surface area contributed by atoms with Crippen LogP contribution in [0.4, 0.5) is 5.95 Å². The van der Waals surface area contributed by atoms with E-state index in [0.29, 0.717) is 12.5 Å². The van der Waals surface area contributed by atoms with E-state index in [4.69, 9.17) is 4.98 Å². The van der Waals surface area contributed by atoms with Gasteiger partial charge in [-0.25, -0.2) is 9.97 Å². The van der Waals surface area contributed by atoms with Gasteiger partial charge in [-0.1, -0.05) is 60.7 Å². The number of fused-ring (bicyclic) bond motifs is 1. The van der Waals surface area contributed by atoms with Crippen molar-refractivity contribution >= 4 is 11.9 Å². The zero-order valence-corrected chi connectivity index (χ0v) is 20.9. The highest BCUT2D eigenvalue weighted by Gasteiger charge is 2.39. The van der Waals surface area contributed by atoms with E-state index in [-0.39, 0.29) is 29.8 Å². The molecule has 6 heteroatoms. The third kappa shape index (κ3) is 5.08. The van der Waals surface area contributed by atoms with E-state index in [1.54, 1.807) is 0 Å². The molecule has 3 aromatic rings. The molecule has 1 fully saturated rings. The minimum atomic E-state index is -0.00450. The van der Waals surface area contributed by atoms with E-state index in [9.17, 15) is 4.79 Å². The Morgan fingerprint density at radius 1 is 1.09 bits per heavy atom. The number of amides is 1. The van der Waals surface area contributed by atoms with Crippen molar-refractivity contribution in [1.29, 1.82) is 0 Å². The summed E-state index contributed by atoms with van der Waals surface area (Å²) in [6, 6.07) is 21.1. The normalized spacial score (nSPS) is 23.4. The van der Waals surface area contributed by atoms with E-state index >= 15 is 0 Å². The van der Waals surface area contributed by atoms with E-state index in [1.165, 1.54) is 11.1 Å². The fourth-order valence-corrected chi connectivity index (χ4v) is 5.54. The van der Waals surface area contributed by atoms with Gasteiger partial charge in [-0.15, -0.1) is 0 Å². The molecule has 6 nitrogen and oxygen atoms in total. The predicted octanol–water partition coefficient (Wildman–Crippen LogP) is 4.66. The highest BCUT2D eigenvalue weighted by Crippen LogP contribution is 2.35. The van der Waals surface area contributed by atoms with Gasteiger partial charge < -0.3 is 15.1 Å². The van der Waals surface area contributed by atoms with Crippen LogP contribution in [0.25, 0.3) is 0 Å². The van der Waals surface area contributed by atoms with Crippen LogP contribution in [0, 0.1) is 5.92 Å². The first-order chi connectivity index (χ1) is 17.0. The van der Waals surface area contributed by atoms with Crippen molar-refractivity contribution < 1.29 is 4.79 Å². The predicted molar refractivity (Wildman–Crippen MR) is 139 cm³/mol. The van der Waals surface area contributed by atoms with E-state index in [1.807, 2.05) is 30.5 Å². The number of nitrogens with one attached hydrogen (secondary N) is 1. The van der Waals surface area contributed by atoms with Gasteiger partial charge in [-0.2, -0.15) is 0 Å². The number of rotatable bonds is 5. The molecule has 1 N–H and O–H groups in total. The van der Waals surface area contributed by atoms with Gasteiger partial charge in [-0.05, 0) is 57.0 Å². The Hall–Kier alpha value is -3.25. The first-order valence-corrected chi connectivity index (χ1v) is 12.7. The number of carbonyl (C=O) groups is 1. The average Bonchev–Trinajstić information content (AvgIpc) is 2.89. The Morgan fingerprint density at radius 2 is 1.80 bits per heavy atom. The van der Waals surface area contributed by atoms with Gasteiger partial charge in [0.05, 0.1) is 18.3 Å². The van der Waals surface area contributed by atoms with Gasteiger partial charge in [-0.3, -0.25) is 4.79 Å². The Morgan fingerprint density at radius 3 is 2.54 bits per heavy atom. The second kappa shape index (κ2) is 10.2. The summed E-state index contributed by atoms with van der Waals surface area (Å²) in [5.41, 5.74) is 4.54. The number of benzene rings is 2.